The molecule has 6 nitrogen and oxygen atoms in total. The maximum atomic E-state index is 11.4. The van der Waals surface area contributed by atoms with Crippen molar-refractivity contribution in [3.8, 4) is 0 Å². The molecule has 0 bridgehead atoms. The van der Waals surface area contributed by atoms with E-state index in [1.807, 2.05) is 20.0 Å². The van der Waals surface area contributed by atoms with Gasteiger partial charge in [0.2, 0.25) is 11.9 Å². The van der Waals surface area contributed by atoms with Crippen LogP contribution < -0.4 is 16.0 Å². The maximum absolute atomic E-state index is 11.4. The molecule has 0 saturated heterocycles. The van der Waals surface area contributed by atoms with Gasteiger partial charge in [0, 0.05) is 30.5 Å². The highest BCUT2D eigenvalue weighted by atomic mass is 16.1. The van der Waals surface area contributed by atoms with E-state index in [2.05, 4.69) is 27.2 Å². The fraction of sp³-hybridized carbons (Fsp3) is 0.688. The molecule has 1 amide bonds. The van der Waals surface area contributed by atoms with Crippen LogP contribution in [-0.4, -0.2) is 35.5 Å². The van der Waals surface area contributed by atoms with Crippen LogP contribution in [0.4, 0.5) is 5.95 Å². The van der Waals surface area contributed by atoms with Crippen molar-refractivity contribution < 1.29 is 4.79 Å². The van der Waals surface area contributed by atoms with Gasteiger partial charge in [0.15, 0.2) is 0 Å². The van der Waals surface area contributed by atoms with Gasteiger partial charge in [-0.15, -0.1) is 0 Å². The lowest BCUT2D eigenvalue weighted by atomic mass is 9.95. The third-order valence-corrected chi connectivity index (χ3v) is 4.47. The predicted octanol–water partition coefficient (Wildman–Crippen LogP) is 1.69. The molecular weight excluding hydrogens is 278 g/mol. The number of carbonyl (C=O) groups excluding carboxylic acids is 1. The van der Waals surface area contributed by atoms with E-state index in [1.165, 1.54) is 32.1 Å². The van der Waals surface area contributed by atoms with E-state index >= 15 is 0 Å². The molecule has 2 rings (SSSR count). The molecule has 1 aliphatic rings. The molecule has 0 radical (unpaired) electrons. The number of carbonyl (C=O) groups is 1. The van der Waals surface area contributed by atoms with Crippen molar-refractivity contribution in [2.75, 3.05) is 18.5 Å². The predicted molar refractivity (Wildman–Crippen MR) is 87.7 cm³/mol. The van der Waals surface area contributed by atoms with Gasteiger partial charge in [0.05, 0.1) is 12.6 Å². The Balaban J connectivity index is 2.09. The van der Waals surface area contributed by atoms with Gasteiger partial charge in [-0.1, -0.05) is 19.3 Å². The van der Waals surface area contributed by atoms with Crippen LogP contribution in [0.15, 0.2) is 6.20 Å². The first-order valence-electron chi connectivity index (χ1n) is 8.08. The number of anilines is 1. The van der Waals surface area contributed by atoms with Gasteiger partial charge in [0.25, 0.3) is 0 Å². The summed E-state index contributed by atoms with van der Waals surface area (Å²) < 4.78 is 0. The number of nitrogens with two attached hydrogens (primary N) is 1. The summed E-state index contributed by atoms with van der Waals surface area (Å²) in [6.45, 7) is 3.87. The molecule has 1 aliphatic carbocycles. The molecule has 6 heteroatoms. The minimum absolute atomic E-state index is 0.00720. The molecular formula is C16H27N5O. The SMILES string of the molecule is Cc1nc(N(C)C2CCCCC2)ncc1[C@H](C)NC(=O)CN. The number of nitrogens with one attached hydrogen (secondary N) is 1. The van der Waals surface area contributed by atoms with Gasteiger partial charge in [-0.05, 0) is 26.7 Å². The van der Waals surface area contributed by atoms with Gasteiger partial charge < -0.3 is 16.0 Å². The number of rotatable bonds is 5. The van der Waals surface area contributed by atoms with Crippen molar-refractivity contribution in [3.63, 3.8) is 0 Å². The Morgan fingerprint density at radius 3 is 2.73 bits per heavy atom. The number of aryl methyl sites for hydroxylation is 1. The third-order valence-electron chi connectivity index (χ3n) is 4.47. The van der Waals surface area contributed by atoms with Crippen molar-refractivity contribution in [1.82, 2.24) is 15.3 Å². The van der Waals surface area contributed by atoms with Crippen LogP contribution in [-0.2, 0) is 4.79 Å². The van der Waals surface area contributed by atoms with Crippen LogP contribution in [0.25, 0.3) is 0 Å². The molecule has 1 fully saturated rings. The Hall–Kier alpha value is -1.69. The number of hydrogen-bond donors (Lipinski definition) is 2. The maximum Gasteiger partial charge on any atom is 0.234 e. The molecule has 1 atom stereocenters. The summed E-state index contributed by atoms with van der Waals surface area (Å²) in [5.41, 5.74) is 7.17. The Bertz CT molecular complexity index is 513. The van der Waals surface area contributed by atoms with E-state index in [-0.39, 0.29) is 18.5 Å². The molecule has 0 aromatic carbocycles. The van der Waals surface area contributed by atoms with E-state index < -0.39 is 0 Å². The first kappa shape index (κ1) is 16.7. The zero-order valence-electron chi connectivity index (χ0n) is 13.8. The first-order chi connectivity index (χ1) is 10.5. The smallest absolute Gasteiger partial charge is 0.234 e. The zero-order chi connectivity index (χ0) is 16.1. The Morgan fingerprint density at radius 2 is 2.14 bits per heavy atom. The minimum atomic E-state index is -0.171. The van der Waals surface area contributed by atoms with Gasteiger partial charge in [-0.2, -0.15) is 0 Å². The highest BCUT2D eigenvalue weighted by Crippen LogP contribution is 2.25. The van der Waals surface area contributed by atoms with Crippen molar-refractivity contribution >= 4 is 11.9 Å². The molecule has 1 saturated carbocycles. The van der Waals surface area contributed by atoms with Crippen LogP contribution >= 0.6 is 0 Å². The van der Waals surface area contributed by atoms with Crippen LogP contribution in [0, 0.1) is 6.92 Å². The van der Waals surface area contributed by atoms with Crippen molar-refractivity contribution in [3.05, 3.63) is 17.5 Å². The molecule has 1 aromatic rings. The molecule has 0 aliphatic heterocycles. The summed E-state index contributed by atoms with van der Waals surface area (Å²) in [5, 5.41) is 2.84. The average Bonchev–Trinajstić information content (AvgIpc) is 2.54. The number of amides is 1. The fourth-order valence-corrected chi connectivity index (χ4v) is 3.07. The van der Waals surface area contributed by atoms with Gasteiger partial charge in [-0.3, -0.25) is 4.79 Å². The summed E-state index contributed by atoms with van der Waals surface area (Å²) in [4.78, 5) is 22.7. The van der Waals surface area contributed by atoms with E-state index in [4.69, 9.17) is 5.73 Å². The minimum Gasteiger partial charge on any atom is -0.348 e. The number of nitrogens with zero attached hydrogens (tertiary/aromatic N) is 3. The average molecular weight is 305 g/mol. The summed E-state index contributed by atoms with van der Waals surface area (Å²) in [7, 11) is 2.07. The summed E-state index contributed by atoms with van der Waals surface area (Å²) in [6, 6.07) is 0.401. The number of hydrogen-bond acceptors (Lipinski definition) is 5. The molecule has 0 unspecified atom stereocenters. The molecule has 22 heavy (non-hydrogen) atoms. The summed E-state index contributed by atoms with van der Waals surface area (Å²) in [6.07, 6.45) is 8.15. The summed E-state index contributed by atoms with van der Waals surface area (Å²) >= 11 is 0. The fourth-order valence-electron chi connectivity index (χ4n) is 3.07. The zero-order valence-corrected chi connectivity index (χ0v) is 13.8. The topological polar surface area (TPSA) is 84.1 Å². The van der Waals surface area contributed by atoms with Gasteiger partial charge in [0.1, 0.15) is 0 Å². The van der Waals surface area contributed by atoms with Crippen molar-refractivity contribution in [1.29, 1.82) is 0 Å². The van der Waals surface area contributed by atoms with Gasteiger partial charge >= 0.3 is 0 Å². The Morgan fingerprint density at radius 1 is 1.45 bits per heavy atom. The third kappa shape index (κ3) is 3.94. The molecule has 1 heterocycles. The number of aromatic nitrogens is 2. The van der Waals surface area contributed by atoms with E-state index in [0.717, 1.165) is 17.2 Å². The second kappa shape index (κ2) is 7.54. The van der Waals surface area contributed by atoms with Crippen molar-refractivity contribution in [2.24, 2.45) is 5.73 Å². The lowest BCUT2D eigenvalue weighted by molar-refractivity contribution is -0.120. The monoisotopic (exact) mass is 305 g/mol. The van der Waals surface area contributed by atoms with Crippen LogP contribution in [0.3, 0.4) is 0 Å². The normalized spacial score (nSPS) is 17.1. The quantitative estimate of drug-likeness (QED) is 0.865. The van der Waals surface area contributed by atoms with Crippen LogP contribution in [0.1, 0.15) is 56.3 Å². The molecule has 1 aromatic heterocycles. The lowest BCUT2D eigenvalue weighted by Crippen LogP contribution is -2.35. The lowest BCUT2D eigenvalue weighted by Gasteiger charge is -2.31. The first-order valence-corrected chi connectivity index (χ1v) is 8.08. The Labute approximate surface area is 132 Å². The highest BCUT2D eigenvalue weighted by molar-refractivity contribution is 5.78. The molecule has 122 valence electrons. The highest BCUT2D eigenvalue weighted by Gasteiger charge is 2.21. The van der Waals surface area contributed by atoms with E-state index in [1.54, 1.807) is 0 Å². The Kier molecular flexibility index (Phi) is 5.71. The van der Waals surface area contributed by atoms with E-state index in [0.29, 0.717) is 6.04 Å². The van der Waals surface area contributed by atoms with Crippen LogP contribution in [0.2, 0.25) is 0 Å². The van der Waals surface area contributed by atoms with E-state index in [9.17, 15) is 4.79 Å². The second-order valence-electron chi connectivity index (χ2n) is 6.11. The van der Waals surface area contributed by atoms with Gasteiger partial charge in [-0.25, -0.2) is 9.97 Å². The standard InChI is InChI=1S/C16H27N5O/c1-11(19-15(22)9-17)14-10-18-16(20-12(14)2)21(3)13-7-5-4-6-8-13/h10-11,13H,4-9,17H2,1-3H3,(H,19,22)/t11-/m0/s1. The van der Waals surface area contributed by atoms with Crippen LogP contribution in [0.5, 0.6) is 0 Å². The summed E-state index contributed by atoms with van der Waals surface area (Å²) in [5.74, 6) is 0.598. The molecule has 3 N–H and O–H groups in total. The molecule has 0 spiro atoms. The van der Waals surface area contributed by atoms with Crippen molar-refractivity contribution in [2.45, 2.75) is 58.0 Å². The second-order valence-corrected chi connectivity index (χ2v) is 6.11. The largest absolute Gasteiger partial charge is 0.348 e.